The molecule has 28 heavy (non-hydrogen) atoms. The van der Waals surface area contributed by atoms with Gasteiger partial charge in [-0.05, 0) is 24.3 Å². The van der Waals surface area contributed by atoms with Crippen molar-refractivity contribution in [3.05, 3.63) is 70.4 Å². The number of rotatable bonds is 7. The fourth-order valence-corrected chi connectivity index (χ4v) is 2.29. The van der Waals surface area contributed by atoms with Gasteiger partial charge in [-0.15, -0.1) is 0 Å². The second-order valence-electron chi connectivity index (χ2n) is 5.42. The minimum absolute atomic E-state index is 0.0751. The topological polar surface area (TPSA) is 137 Å². The molecule has 0 amide bonds. The summed E-state index contributed by atoms with van der Waals surface area (Å²) in [7, 11) is 1.41. The zero-order chi connectivity index (χ0) is 20.1. The lowest BCUT2D eigenvalue weighted by Gasteiger charge is -2.11. The Labute approximate surface area is 158 Å². The molecular weight excluding hydrogens is 368 g/mol. The molecule has 0 spiro atoms. The van der Waals surface area contributed by atoms with Gasteiger partial charge in [0.05, 0.1) is 29.4 Å². The Balaban J connectivity index is 1.81. The first-order valence-electron chi connectivity index (χ1n) is 7.90. The van der Waals surface area contributed by atoms with Gasteiger partial charge in [0, 0.05) is 18.3 Å². The van der Waals surface area contributed by atoms with E-state index in [9.17, 15) is 14.9 Å². The zero-order valence-corrected chi connectivity index (χ0v) is 14.5. The van der Waals surface area contributed by atoms with E-state index in [4.69, 9.17) is 14.6 Å². The van der Waals surface area contributed by atoms with Crippen molar-refractivity contribution >= 4 is 23.3 Å². The lowest BCUT2D eigenvalue weighted by atomic mass is 10.2. The van der Waals surface area contributed by atoms with Crippen LogP contribution in [0.2, 0.25) is 0 Å². The summed E-state index contributed by atoms with van der Waals surface area (Å²) in [5.41, 5.74) is 0.430. The molecule has 0 saturated carbocycles. The summed E-state index contributed by atoms with van der Waals surface area (Å²) in [4.78, 5) is 29.7. The van der Waals surface area contributed by atoms with E-state index in [1.807, 2.05) is 0 Å². The predicted molar refractivity (Wildman–Crippen MR) is 98.4 cm³/mol. The number of hydrogen-bond donors (Lipinski definition) is 2. The Morgan fingerprint density at radius 2 is 2.04 bits per heavy atom. The minimum atomic E-state index is -1.08. The molecule has 10 nitrogen and oxygen atoms in total. The van der Waals surface area contributed by atoms with Gasteiger partial charge in [-0.3, -0.25) is 10.1 Å². The van der Waals surface area contributed by atoms with Crippen LogP contribution in [0.3, 0.4) is 0 Å². The van der Waals surface area contributed by atoms with E-state index in [-0.39, 0.29) is 28.8 Å². The molecule has 0 aliphatic rings. The Kier molecular flexibility index (Phi) is 5.30. The first-order valence-corrected chi connectivity index (χ1v) is 7.90. The number of nitrogens with zero attached hydrogens (tertiary/aromatic N) is 3. The monoisotopic (exact) mass is 382 g/mol. The number of anilines is 2. The van der Waals surface area contributed by atoms with Gasteiger partial charge in [-0.2, -0.15) is 4.98 Å². The second kappa shape index (κ2) is 7.99. The van der Waals surface area contributed by atoms with Gasteiger partial charge in [0.1, 0.15) is 11.5 Å². The maximum absolute atomic E-state index is 11.1. The smallest absolute Gasteiger partial charge is 0.335 e. The number of nitro benzene ring substituents is 1. The van der Waals surface area contributed by atoms with E-state index < -0.39 is 10.9 Å². The molecule has 0 atom stereocenters. The van der Waals surface area contributed by atoms with Crippen molar-refractivity contribution in [2.45, 2.75) is 0 Å². The summed E-state index contributed by atoms with van der Waals surface area (Å²) in [6.07, 6.45) is 1.44. The van der Waals surface area contributed by atoms with Gasteiger partial charge >= 0.3 is 5.97 Å². The van der Waals surface area contributed by atoms with Crippen molar-refractivity contribution in [2.24, 2.45) is 0 Å². The number of benzene rings is 2. The molecule has 142 valence electrons. The van der Waals surface area contributed by atoms with Crippen molar-refractivity contribution in [3.63, 3.8) is 0 Å². The number of carbonyl (C=O) groups is 1. The van der Waals surface area contributed by atoms with Gasteiger partial charge in [-0.1, -0.05) is 6.07 Å². The van der Waals surface area contributed by atoms with Gasteiger partial charge in [0.25, 0.3) is 5.69 Å². The normalized spacial score (nSPS) is 10.2. The molecule has 0 unspecified atom stereocenters. The molecular formula is C18H14N4O6. The molecule has 0 bridgehead atoms. The van der Waals surface area contributed by atoms with Gasteiger partial charge in [0.2, 0.25) is 11.8 Å². The number of non-ortho nitro benzene ring substituents is 1. The number of carboxylic acid groups (broad SMARTS) is 1. The maximum atomic E-state index is 11.1. The molecule has 2 aromatic carbocycles. The van der Waals surface area contributed by atoms with Crippen LogP contribution in [0, 0.1) is 10.1 Å². The molecule has 2 N–H and O–H groups in total. The Hall–Kier alpha value is -4.21. The number of hydrogen-bond acceptors (Lipinski definition) is 8. The van der Waals surface area contributed by atoms with E-state index in [0.717, 1.165) is 0 Å². The molecule has 0 aliphatic heterocycles. The summed E-state index contributed by atoms with van der Waals surface area (Å²) >= 11 is 0. The molecule has 1 aromatic heterocycles. The molecule has 0 fully saturated rings. The highest BCUT2D eigenvalue weighted by atomic mass is 16.6. The summed E-state index contributed by atoms with van der Waals surface area (Å²) in [6, 6.07) is 11.5. The van der Waals surface area contributed by atoms with Crippen LogP contribution in [0.15, 0.2) is 54.7 Å². The van der Waals surface area contributed by atoms with E-state index in [0.29, 0.717) is 11.4 Å². The highest BCUT2D eigenvalue weighted by Gasteiger charge is 2.12. The number of nitrogens with one attached hydrogen (secondary N) is 1. The fraction of sp³-hybridized carbons (Fsp3) is 0.0556. The second-order valence-corrected chi connectivity index (χ2v) is 5.42. The lowest BCUT2D eigenvalue weighted by molar-refractivity contribution is -0.384. The quantitative estimate of drug-likeness (QED) is 0.463. The molecule has 0 saturated heterocycles. The predicted octanol–water partition coefficient (Wildman–Crippen LogP) is 3.63. The van der Waals surface area contributed by atoms with Crippen LogP contribution in [-0.4, -0.2) is 33.1 Å². The highest BCUT2D eigenvalue weighted by Crippen LogP contribution is 2.29. The van der Waals surface area contributed by atoms with Crippen LogP contribution >= 0.6 is 0 Å². The Morgan fingerprint density at radius 3 is 2.75 bits per heavy atom. The van der Waals surface area contributed by atoms with Crippen molar-refractivity contribution < 1.29 is 24.3 Å². The van der Waals surface area contributed by atoms with Gasteiger partial charge in [0.15, 0.2) is 0 Å². The third-order valence-electron chi connectivity index (χ3n) is 3.58. The highest BCUT2D eigenvalue weighted by molar-refractivity contribution is 5.89. The first kappa shape index (κ1) is 18.6. The number of ether oxygens (including phenoxy) is 2. The minimum Gasteiger partial charge on any atom is -0.495 e. The molecule has 1 heterocycles. The largest absolute Gasteiger partial charge is 0.495 e. The van der Waals surface area contributed by atoms with Gasteiger partial charge in [-0.25, -0.2) is 9.78 Å². The van der Waals surface area contributed by atoms with E-state index >= 15 is 0 Å². The lowest BCUT2D eigenvalue weighted by Crippen LogP contribution is -2.02. The molecule has 10 heteroatoms. The third-order valence-corrected chi connectivity index (χ3v) is 3.58. The van der Waals surface area contributed by atoms with Gasteiger partial charge < -0.3 is 19.9 Å². The van der Waals surface area contributed by atoms with Crippen LogP contribution in [0.4, 0.5) is 17.3 Å². The fourth-order valence-electron chi connectivity index (χ4n) is 2.29. The van der Waals surface area contributed by atoms with Crippen molar-refractivity contribution in [2.75, 3.05) is 12.4 Å². The van der Waals surface area contributed by atoms with Crippen molar-refractivity contribution in [1.29, 1.82) is 0 Å². The van der Waals surface area contributed by atoms with Crippen LogP contribution in [0.5, 0.6) is 17.4 Å². The van der Waals surface area contributed by atoms with Crippen LogP contribution < -0.4 is 14.8 Å². The summed E-state index contributed by atoms with van der Waals surface area (Å²) in [6.45, 7) is 0. The average molecular weight is 382 g/mol. The number of aromatic nitrogens is 2. The van der Waals surface area contributed by atoms with Crippen LogP contribution in [-0.2, 0) is 0 Å². The first-order chi connectivity index (χ1) is 13.5. The van der Waals surface area contributed by atoms with E-state index in [1.165, 1.54) is 55.8 Å². The van der Waals surface area contributed by atoms with Crippen molar-refractivity contribution in [3.8, 4) is 17.4 Å². The van der Waals surface area contributed by atoms with E-state index in [1.54, 1.807) is 6.07 Å². The summed E-state index contributed by atoms with van der Waals surface area (Å²) in [5.74, 6) is -0.187. The van der Waals surface area contributed by atoms with Crippen LogP contribution in [0.25, 0.3) is 0 Å². The van der Waals surface area contributed by atoms with Crippen molar-refractivity contribution in [1.82, 2.24) is 9.97 Å². The molecule has 3 rings (SSSR count). The van der Waals surface area contributed by atoms with Crippen LogP contribution in [0.1, 0.15) is 10.4 Å². The number of methoxy groups -OCH3 is 1. The summed E-state index contributed by atoms with van der Waals surface area (Å²) in [5, 5.41) is 22.8. The third kappa shape index (κ3) is 4.30. The molecule has 3 aromatic rings. The Morgan fingerprint density at radius 1 is 1.21 bits per heavy atom. The maximum Gasteiger partial charge on any atom is 0.335 e. The standard InChI is InChI=1S/C18H14N4O6/c1-27-15-9-11(17(23)24)5-6-14(15)20-18-19-8-7-16(21-18)28-13-4-2-3-12(10-13)22(25)26/h2-10H,1H3,(H,23,24)(H,19,20,21). The average Bonchev–Trinajstić information content (AvgIpc) is 2.68. The zero-order valence-electron chi connectivity index (χ0n) is 14.5. The number of nitro groups is 1. The molecule has 0 aliphatic carbocycles. The summed E-state index contributed by atoms with van der Waals surface area (Å²) < 4.78 is 10.7. The number of carboxylic acids is 1. The molecule has 0 radical (unpaired) electrons. The SMILES string of the molecule is COc1cc(C(=O)O)ccc1Nc1nccc(Oc2cccc([N+](=O)[O-])c2)n1. The Bertz CT molecular complexity index is 1040. The van der Waals surface area contributed by atoms with E-state index in [2.05, 4.69) is 15.3 Å². The number of aromatic carboxylic acids is 1.